The van der Waals surface area contributed by atoms with Gasteiger partial charge in [0.2, 0.25) is 5.78 Å². The van der Waals surface area contributed by atoms with Crippen LogP contribution in [-0.2, 0) is 6.54 Å². The zero-order valence-corrected chi connectivity index (χ0v) is 17.3. The van der Waals surface area contributed by atoms with Crippen molar-refractivity contribution >= 4 is 35.1 Å². The van der Waals surface area contributed by atoms with Crippen molar-refractivity contribution < 1.29 is 9.53 Å². The molecule has 0 atom stereocenters. The third-order valence-electron chi connectivity index (χ3n) is 4.36. The molecule has 1 heterocycles. The van der Waals surface area contributed by atoms with Crippen LogP contribution in [0.5, 0.6) is 5.75 Å². The Balaban J connectivity index is 1.91. The van der Waals surface area contributed by atoms with Gasteiger partial charge in [0.05, 0.1) is 19.3 Å². The quantitative estimate of drug-likeness (QED) is 0.303. The Morgan fingerprint density at radius 1 is 1.17 bits per heavy atom. The minimum Gasteiger partial charge on any atom is -0.497 e. The first-order valence-electron chi connectivity index (χ1n) is 8.71. The number of allylic oxidation sites excluding steroid dienone is 1. The molecule has 3 aromatic rings. The second-order valence-corrected chi connectivity index (χ2v) is 7.10. The molecule has 0 aliphatic carbocycles. The number of aryl methyl sites for hydroxylation is 1. The molecule has 5 nitrogen and oxygen atoms in total. The highest BCUT2D eigenvalue weighted by Gasteiger charge is 2.17. The molecule has 0 unspecified atom stereocenters. The summed E-state index contributed by atoms with van der Waals surface area (Å²) in [5, 5.41) is 15.0. The first-order chi connectivity index (χ1) is 13.9. The molecule has 0 N–H and O–H groups in total. The molecule has 0 radical (unpaired) electrons. The lowest BCUT2D eigenvalue weighted by Gasteiger charge is -2.04. The van der Waals surface area contributed by atoms with Gasteiger partial charge in [0, 0.05) is 16.1 Å². The van der Waals surface area contributed by atoms with Crippen LogP contribution in [0.25, 0.3) is 6.08 Å². The third-order valence-corrected chi connectivity index (χ3v) is 5.01. The second kappa shape index (κ2) is 8.95. The van der Waals surface area contributed by atoms with E-state index in [0.29, 0.717) is 39.3 Å². The van der Waals surface area contributed by atoms with Gasteiger partial charge in [-0.05, 0) is 55.0 Å². The highest BCUT2D eigenvalue weighted by molar-refractivity contribution is 6.31. The van der Waals surface area contributed by atoms with Crippen molar-refractivity contribution in [1.82, 2.24) is 9.78 Å². The molecule has 0 spiro atoms. The van der Waals surface area contributed by atoms with Crippen molar-refractivity contribution in [3.8, 4) is 11.8 Å². The fourth-order valence-electron chi connectivity index (χ4n) is 2.79. The Morgan fingerprint density at radius 2 is 1.83 bits per heavy atom. The van der Waals surface area contributed by atoms with Gasteiger partial charge in [0.25, 0.3) is 0 Å². The summed E-state index contributed by atoms with van der Waals surface area (Å²) in [6, 6.07) is 15.9. The maximum Gasteiger partial charge on any atom is 0.203 e. The number of aromatic nitrogens is 2. The van der Waals surface area contributed by atoms with E-state index in [9.17, 15) is 10.1 Å². The van der Waals surface area contributed by atoms with Crippen LogP contribution in [-0.4, -0.2) is 22.7 Å². The van der Waals surface area contributed by atoms with E-state index in [-0.39, 0.29) is 5.57 Å². The van der Waals surface area contributed by atoms with E-state index in [1.807, 2.05) is 18.2 Å². The molecule has 3 rings (SSSR count). The summed E-state index contributed by atoms with van der Waals surface area (Å²) in [7, 11) is 1.55. The maximum absolute atomic E-state index is 12.7. The number of hydrogen-bond acceptors (Lipinski definition) is 4. The number of hydrogen-bond donors (Lipinski definition) is 0. The molecular formula is C22H17Cl2N3O2. The summed E-state index contributed by atoms with van der Waals surface area (Å²) in [6.07, 6.45) is 1.48. The minimum absolute atomic E-state index is 0.0220. The van der Waals surface area contributed by atoms with Gasteiger partial charge in [-0.1, -0.05) is 35.3 Å². The lowest BCUT2D eigenvalue weighted by molar-refractivity contribution is 0.104. The number of ketones is 1. The van der Waals surface area contributed by atoms with Crippen LogP contribution in [0.4, 0.5) is 0 Å². The molecule has 29 heavy (non-hydrogen) atoms. The number of rotatable bonds is 6. The largest absolute Gasteiger partial charge is 0.497 e. The van der Waals surface area contributed by atoms with Crippen molar-refractivity contribution in [2.45, 2.75) is 13.5 Å². The molecule has 7 heteroatoms. The third kappa shape index (κ3) is 4.68. The summed E-state index contributed by atoms with van der Waals surface area (Å²) in [4.78, 5) is 12.7. The van der Waals surface area contributed by atoms with Crippen molar-refractivity contribution in [2.75, 3.05) is 7.11 Å². The van der Waals surface area contributed by atoms with Crippen molar-refractivity contribution in [1.29, 1.82) is 5.26 Å². The topological polar surface area (TPSA) is 67.9 Å². The van der Waals surface area contributed by atoms with E-state index in [0.717, 1.165) is 5.56 Å². The van der Waals surface area contributed by atoms with Crippen LogP contribution in [0.15, 0.2) is 54.1 Å². The van der Waals surface area contributed by atoms with E-state index in [1.54, 1.807) is 55.1 Å². The highest BCUT2D eigenvalue weighted by Crippen LogP contribution is 2.25. The number of nitrogens with zero attached hydrogens (tertiary/aromatic N) is 3. The Morgan fingerprint density at radius 3 is 2.41 bits per heavy atom. The van der Waals surface area contributed by atoms with Gasteiger partial charge in [-0.15, -0.1) is 0 Å². The van der Waals surface area contributed by atoms with Crippen molar-refractivity contribution in [2.24, 2.45) is 0 Å². The Kier molecular flexibility index (Phi) is 6.38. The second-order valence-electron chi connectivity index (χ2n) is 6.30. The van der Waals surface area contributed by atoms with Gasteiger partial charge >= 0.3 is 0 Å². The number of methoxy groups -OCH3 is 1. The molecule has 0 fully saturated rings. The first kappa shape index (κ1) is 20.7. The lowest BCUT2D eigenvalue weighted by Crippen LogP contribution is -2.02. The Bertz CT molecular complexity index is 1110. The normalized spacial score (nSPS) is 11.2. The van der Waals surface area contributed by atoms with Crippen LogP contribution < -0.4 is 4.74 Å². The van der Waals surface area contributed by atoms with Gasteiger partial charge < -0.3 is 4.74 Å². The molecule has 0 amide bonds. The smallest absolute Gasteiger partial charge is 0.203 e. The van der Waals surface area contributed by atoms with E-state index in [4.69, 9.17) is 27.9 Å². The number of Topliss-reactive ketones (excluding diaryl/α,β-unsaturated/α-hetero) is 1. The number of nitriles is 1. The van der Waals surface area contributed by atoms with Gasteiger partial charge in [-0.25, -0.2) is 4.68 Å². The average molecular weight is 426 g/mol. The summed E-state index contributed by atoms with van der Waals surface area (Å²) in [5.41, 5.74) is 2.51. The number of benzene rings is 2. The summed E-state index contributed by atoms with van der Waals surface area (Å²) in [6.45, 7) is 2.22. The first-order valence-corrected chi connectivity index (χ1v) is 9.46. The Labute approximate surface area is 178 Å². The molecular weight excluding hydrogens is 409 g/mol. The van der Waals surface area contributed by atoms with Gasteiger partial charge in [-0.3, -0.25) is 4.79 Å². The monoisotopic (exact) mass is 425 g/mol. The van der Waals surface area contributed by atoms with E-state index < -0.39 is 5.78 Å². The van der Waals surface area contributed by atoms with Crippen LogP contribution in [0, 0.1) is 18.3 Å². The average Bonchev–Trinajstić information content (AvgIpc) is 3.00. The zero-order chi connectivity index (χ0) is 21.0. The highest BCUT2D eigenvalue weighted by atomic mass is 35.5. The predicted molar refractivity (Wildman–Crippen MR) is 113 cm³/mol. The van der Waals surface area contributed by atoms with Crippen molar-refractivity contribution in [3.05, 3.63) is 86.7 Å². The van der Waals surface area contributed by atoms with Crippen LogP contribution in [0.2, 0.25) is 10.2 Å². The number of halogens is 2. The summed E-state index contributed by atoms with van der Waals surface area (Å²) < 4.78 is 6.72. The van der Waals surface area contributed by atoms with Crippen LogP contribution >= 0.6 is 23.2 Å². The molecule has 0 aliphatic rings. The summed E-state index contributed by atoms with van der Waals surface area (Å²) in [5.74, 6) is 0.238. The van der Waals surface area contributed by atoms with Gasteiger partial charge in [-0.2, -0.15) is 10.4 Å². The minimum atomic E-state index is -0.393. The molecule has 146 valence electrons. The predicted octanol–water partition coefficient (Wildman–Crippen LogP) is 5.35. The maximum atomic E-state index is 12.7. The zero-order valence-electron chi connectivity index (χ0n) is 15.8. The molecule has 0 saturated heterocycles. The van der Waals surface area contributed by atoms with E-state index in [2.05, 4.69) is 5.10 Å². The van der Waals surface area contributed by atoms with E-state index in [1.165, 1.54) is 6.08 Å². The van der Waals surface area contributed by atoms with Crippen molar-refractivity contribution in [3.63, 3.8) is 0 Å². The SMILES string of the molecule is COc1ccc(C(=O)/C(C#N)=C/c2c(C)nn(Cc3ccc(Cl)cc3)c2Cl)cc1. The fraction of sp³-hybridized carbons (Fsp3) is 0.136. The molecule has 2 aromatic carbocycles. The lowest BCUT2D eigenvalue weighted by atomic mass is 10.0. The molecule has 0 bridgehead atoms. The summed E-state index contributed by atoms with van der Waals surface area (Å²) >= 11 is 12.4. The van der Waals surface area contributed by atoms with Crippen LogP contribution in [0.1, 0.15) is 27.2 Å². The standard InChI is InChI=1S/C22H17Cl2N3O2/c1-14-20(22(24)27(26-14)13-15-3-7-18(23)8-4-15)11-17(12-25)21(28)16-5-9-19(29-2)10-6-16/h3-11H,13H2,1-2H3/b17-11+. The van der Waals surface area contributed by atoms with Gasteiger partial charge in [0.15, 0.2) is 0 Å². The number of carbonyl (C=O) groups is 1. The Hall–Kier alpha value is -3.07. The molecule has 0 aliphatic heterocycles. The fourth-order valence-corrected chi connectivity index (χ4v) is 3.20. The van der Waals surface area contributed by atoms with Gasteiger partial charge in [0.1, 0.15) is 22.5 Å². The number of carbonyl (C=O) groups excluding carboxylic acids is 1. The molecule has 0 saturated carbocycles. The van der Waals surface area contributed by atoms with E-state index >= 15 is 0 Å². The van der Waals surface area contributed by atoms with Crippen LogP contribution in [0.3, 0.4) is 0 Å². The number of ether oxygens (including phenoxy) is 1. The molecule has 1 aromatic heterocycles.